The number of hydrogen-bond donors (Lipinski definition) is 1. The van der Waals surface area contributed by atoms with Gasteiger partial charge in [0.1, 0.15) is 11.6 Å². The van der Waals surface area contributed by atoms with E-state index in [4.69, 9.17) is 27.9 Å². The first-order valence-corrected chi connectivity index (χ1v) is 12.5. The number of anilines is 1. The maximum atomic E-state index is 14.4. The van der Waals surface area contributed by atoms with Crippen LogP contribution in [0.5, 0.6) is 5.75 Å². The number of nitrogens with zero attached hydrogens (tertiary/aromatic N) is 2. The van der Waals surface area contributed by atoms with Gasteiger partial charge in [0.15, 0.2) is 0 Å². The number of benzene rings is 3. The van der Waals surface area contributed by atoms with Gasteiger partial charge >= 0.3 is 6.09 Å². The summed E-state index contributed by atoms with van der Waals surface area (Å²) in [5.74, 6) is -0.253. The van der Waals surface area contributed by atoms with Gasteiger partial charge in [0.25, 0.3) is 0 Å². The summed E-state index contributed by atoms with van der Waals surface area (Å²) >= 11 is 12.5. The lowest BCUT2D eigenvalue weighted by molar-refractivity contribution is 0.199. The van der Waals surface area contributed by atoms with Crippen LogP contribution in [0.1, 0.15) is 12.8 Å². The molecule has 35 heavy (non-hydrogen) atoms. The Morgan fingerprint density at radius 2 is 1.71 bits per heavy atom. The van der Waals surface area contributed by atoms with Gasteiger partial charge in [0.05, 0.1) is 15.7 Å². The number of ether oxygens (including phenoxy) is 1. The van der Waals surface area contributed by atoms with E-state index < -0.39 is 11.9 Å². The van der Waals surface area contributed by atoms with Crippen LogP contribution in [0.3, 0.4) is 0 Å². The molecule has 3 aromatic rings. The highest BCUT2D eigenvalue weighted by molar-refractivity contribution is 6.43. The summed E-state index contributed by atoms with van der Waals surface area (Å²) in [6, 6.07) is 19.4. The third kappa shape index (κ3) is 6.88. The molecule has 1 amide bonds. The smallest absolute Gasteiger partial charge is 0.410 e. The van der Waals surface area contributed by atoms with E-state index in [2.05, 4.69) is 15.1 Å². The van der Waals surface area contributed by atoms with Gasteiger partial charge in [-0.2, -0.15) is 0 Å². The molecule has 0 aromatic heterocycles. The highest BCUT2D eigenvalue weighted by atomic mass is 35.5. The lowest BCUT2D eigenvalue weighted by Gasteiger charge is -2.36. The van der Waals surface area contributed by atoms with Crippen LogP contribution in [-0.2, 0) is 0 Å². The molecule has 0 spiro atoms. The minimum Gasteiger partial charge on any atom is -0.410 e. The van der Waals surface area contributed by atoms with E-state index in [1.165, 1.54) is 6.07 Å². The predicted molar refractivity (Wildman–Crippen MR) is 140 cm³/mol. The van der Waals surface area contributed by atoms with E-state index in [0.29, 0.717) is 22.2 Å². The number of carbonyl (C=O) groups is 1. The molecule has 1 aliphatic rings. The Morgan fingerprint density at radius 1 is 0.943 bits per heavy atom. The molecular weight excluding hydrogens is 488 g/mol. The molecule has 1 N–H and O–H groups in total. The van der Waals surface area contributed by atoms with E-state index in [1.54, 1.807) is 18.2 Å². The number of amides is 1. The fraction of sp³-hybridized carbons (Fsp3) is 0.296. The molecule has 1 aliphatic heterocycles. The number of piperazine rings is 1. The molecule has 0 saturated carbocycles. The lowest BCUT2D eigenvalue weighted by Crippen LogP contribution is -2.46. The molecule has 184 valence electrons. The molecule has 0 atom stereocenters. The van der Waals surface area contributed by atoms with E-state index in [9.17, 15) is 9.18 Å². The molecule has 0 bridgehead atoms. The summed E-state index contributed by atoms with van der Waals surface area (Å²) in [6.45, 7) is 5.14. The summed E-state index contributed by atoms with van der Waals surface area (Å²) in [4.78, 5) is 16.7. The molecule has 4 rings (SSSR count). The van der Waals surface area contributed by atoms with Crippen LogP contribution in [0.15, 0.2) is 66.7 Å². The van der Waals surface area contributed by atoms with Gasteiger partial charge in [-0.1, -0.05) is 59.6 Å². The van der Waals surface area contributed by atoms with Crippen LogP contribution in [0.4, 0.5) is 14.9 Å². The van der Waals surface area contributed by atoms with Crippen LogP contribution in [0.25, 0.3) is 11.1 Å². The van der Waals surface area contributed by atoms with Crippen molar-refractivity contribution in [3.63, 3.8) is 0 Å². The van der Waals surface area contributed by atoms with Crippen LogP contribution in [-0.4, -0.2) is 50.3 Å². The second-order valence-electron chi connectivity index (χ2n) is 8.43. The van der Waals surface area contributed by atoms with Crippen molar-refractivity contribution in [2.75, 3.05) is 44.2 Å². The normalized spacial score (nSPS) is 14.1. The molecule has 3 aromatic carbocycles. The number of unbranched alkanes of at least 4 members (excludes halogenated alkanes) is 1. The quantitative estimate of drug-likeness (QED) is 0.348. The van der Waals surface area contributed by atoms with Gasteiger partial charge in [-0.15, -0.1) is 0 Å². The van der Waals surface area contributed by atoms with E-state index in [1.807, 2.05) is 42.5 Å². The van der Waals surface area contributed by atoms with E-state index >= 15 is 0 Å². The maximum Gasteiger partial charge on any atom is 0.412 e. The molecule has 1 saturated heterocycles. The molecule has 1 fully saturated rings. The fourth-order valence-electron chi connectivity index (χ4n) is 4.15. The predicted octanol–water partition coefficient (Wildman–Crippen LogP) is 6.49. The van der Waals surface area contributed by atoms with E-state index in [0.717, 1.165) is 56.8 Å². The number of carbonyl (C=O) groups excluding carboxylic acids is 1. The Hall–Kier alpha value is -2.80. The van der Waals surface area contributed by atoms with Gasteiger partial charge in [-0.3, -0.25) is 4.90 Å². The molecule has 5 nitrogen and oxygen atoms in total. The average molecular weight is 516 g/mol. The monoisotopic (exact) mass is 515 g/mol. The van der Waals surface area contributed by atoms with Crippen molar-refractivity contribution >= 4 is 35.0 Å². The van der Waals surface area contributed by atoms with Gasteiger partial charge in [0.2, 0.25) is 0 Å². The molecule has 8 heteroatoms. The first-order valence-electron chi connectivity index (χ1n) is 11.7. The molecule has 0 aliphatic carbocycles. The first-order chi connectivity index (χ1) is 17.0. The molecule has 0 radical (unpaired) electrons. The fourth-order valence-corrected chi connectivity index (χ4v) is 4.57. The first kappa shape index (κ1) is 25.3. The van der Waals surface area contributed by atoms with Crippen LogP contribution in [0, 0.1) is 5.82 Å². The minimum absolute atomic E-state index is 0.178. The minimum atomic E-state index is -0.580. The van der Waals surface area contributed by atoms with Crippen molar-refractivity contribution in [1.82, 2.24) is 10.2 Å². The summed E-state index contributed by atoms with van der Waals surface area (Å²) < 4.78 is 19.7. The van der Waals surface area contributed by atoms with Crippen molar-refractivity contribution < 1.29 is 13.9 Å². The van der Waals surface area contributed by atoms with Crippen molar-refractivity contribution in [1.29, 1.82) is 0 Å². The zero-order valence-electron chi connectivity index (χ0n) is 19.4. The highest BCUT2D eigenvalue weighted by Gasteiger charge is 2.19. The van der Waals surface area contributed by atoms with Gasteiger partial charge < -0.3 is 15.0 Å². The topological polar surface area (TPSA) is 44.8 Å². The van der Waals surface area contributed by atoms with Crippen LogP contribution in [0.2, 0.25) is 10.0 Å². The summed E-state index contributed by atoms with van der Waals surface area (Å²) in [5, 5.41) is 3.92. The van der Waals surface area contributed by atoms with Crippen molar-refractivity contribution in [3.05, 3.63) is 82.6 Å². The van der Waals surface area contributed by atoms with E-state index in [-0.39, 0.29) is 5.75 Å². The number of rotatable bonds is 8. The third-order valence-electron chi connectivity index (χ3n) is 6.05. The SMILES string of the molecule is O=C(NCCCCN1CCN(c2cccc(Cl)c2Cl)CC1)Oc1ccc(-c2ccccc2)c(F)c1. The molecule has 0 unspecified atom stereocenters. The Morgan fingerprint density at radius 3 is 2.46 bits per heavy atom. The summed E-state index contributed by atoms with van der Waals surface area (Å²) in [7, 11) is 0. The number of halogens is 3. The van der Waals surface area contributed by atoms with Crippen molar-refractivity contribution in [2.24, 2.45) is 0 Å². The lowest BCUT2D eigenvalue weighted by atomic mass is 10.1. The molecular formula is C27H28Cl2FN3O2. The average Bonchev–Trinajstić information content (AvgIpc) is 2.86. The number of hydrogen-bond acceptors (Lipinski definition) is 4. The largest absolute Gasteiger partial charge is 0.412 e. The van der Waals surface area contributed by atoms with Crippen LogP contribution < -0.4 is 15.0 Å². The Kier molecular flexibility index (Phi) is 8.85. The van der Waals surface area contributed by atoms with Crippen LogP contribution >= 0.6 is 23.2 Å². The Balaban J connectivity index is 1.13. The maximum absolute atomic E-state index is 14.4. The highest BCUT2D eigenvalue weighted by Crippen LogP contribution is 2.33. The van der Waals surface area contributed by atoms with Crippen molar-refractivity contribution in [3.8, 4) is 16.9 Å². The standard InChI is InChI=1S/C27H28Cl2FN3O2/c28-23-9-6-10-25(26(23)29)33-17-15-32(16-18-33)14-5-4-13-31-27(34)35-21-11-12-22(24(30)19-21)20-7-2-1-3-8-20/h1-3,6-12,19H,4-5,13-18H2,(H,31,34). The zero-order chi connectivity index (χ0) is 24.6. The van der Waals surface area contributed by atoms with Gasteiger partial charge in [-0.05, 0) is 49.2 Å². The zero-order valence-corrected chi connectivity index (χ0v) is 20.9. The second-order valence-corrected chi connectivity index (χ2v) is 9.22. The van der Waals surface area contributed by atoms with Gasteiger partial charge in [-0.25, -0.2) is 9.18 Å². The Labute approximate surface area is 215 Å². The Bertz CT molecular complexity index is 1140. The molecule has 1 heterocycles. The van der Waals surface area contributed by atoms with Crippen molar-refractivity contribution in [2.45, 2.75) is 12.8 Å². The number of nitrogens with one attached hydrogen (secondary N) is 1. The summed E-state index contributed by atoms with van der Waals surface area (Å²) in [5.41, 5.74) is 2.22. The van der Waals surface area contributed by atoms with Gasteiger partial charge in [0, 0.05) is 44.4 Å². The summed E-state index contributed by atoms with van der Waals surface area (Å²) in [6.07, 6.45) is 1.21. The second kappa shape index (κ2) is 12.2. The third-order valence-corrected chi connectivity index (χ3v) is 6.86.